The van der Waals surface area contributed by atoms with Crippen LogP contribution in [0.3, 0.4) is 0 Å². The molecule has 0 fully saturated rings. The second-order valence-electron chi connectivity index (χ2n) is 10.2. The van der Waals surface area contributed by atoms with Gasteiger partial charge in [0.25, 0.3) is 5.01 Å². The maximum Gasteiger partial charge on any atom is 0.262 e. The van der Waals surface area contributed by atoms with Crippen molar-refractivity contribution in [1.29, 1.82) is 0 Å². The minimum absolute atomic E-state index is 0.179. The Balaban J connectivity index is 1.38. The molecule has 0 spiro atoms. The van der Waals surface area contributed by atoms with Crippen LogP contribution in [0, 0.1) is 0 Å². The van der Waals surface area contributed by atoms with Gasteiger partial charge < -0.3 is 14.0 Å². The Labute approximate surface area is 279 Å². The minimum Gasteiger partial charge on any atom is -0.748 e. The monoisotopic (exact) mass is 731 g/mol. The molecule has 1 aromatic heterocycles. The maximum atomic E-state index is 11.2. The van der Waals surface area contributed by atoms with Crippen LogP contribution in [0.1, 0.15) is 30.7 Å². The Morgan fingerprint density at radius 2 is 1.59 bits per heavy atom. The van der Waals surface area contributed by atoms with E-state index in [4.69, 9.17) is 34.8 Å². The summed E-state index contributed by atoms with van der Waals surface area (Å²) in [6.07, 6.45) is 9.62. The van der Waals surface area contributed by atoms with Gasteiger partial charge in [0.2, 0.25) is 5.52 Å². The highest BCUT2D eigenvalue weighted by atomic mass is 35.5. The van der Waals surface area contributed by atoms with E-state index in [0.29, 0.717) is 28.2 Å². The molecule has 0 saturated heterocycles. The van der Waals surface area contributed by atoms with E-state index in [9.17, 15) is 25.9 Å². The van der Waals surface area contributed by atoms with Gasteiger partial charge in [-0.1, -0.05) is 70.1 Å². The van der Waals surface area contributed by atoms with Gasteiger partial charge in [-0.15, -0.1) is 0 Å². The molecule has 234 valence electrons. The van der Waals surface area contributed by atoms with Gasteiger partial charge in [-0.2, -0.15) is 4.57 Å². The summed E-state index contributed by atoms with van der Waals surface area (Å²) in [5.41, 5.74) is 3.62. The smallest absolute Gasteiger partial charge is 0.262 e. The van der Waals surface area contributed by atoms with Crippen molar-refractivity contribution < 1.29 is 30.5 Å². The van der Waals surface area contributed by atoms with Gasteiger partial charge in [0.1, 0.15) is 4.70 Å². The van der Waals surface area contributed by atoms with Crippen molar-refractivity contribution in [2.24, 2.45) is 0 Å². The van der Waals surface area contributed by atoms with Gasteiger partial charge in [-0.05, 0) is 66.8 Å². The van der Waals surface area contributed by atoms with Crippen LogP contribution in [0.5, 0.6) is 0 Å². The highest BCUT2D eigenvalue weighted by molar-refractivity contribution is 8.03. The Morgan fingerprint density at radius 3 is 2.34 bits per heavy atom. The number of thioether (sulfide) groups is 1. The molecule has 0 bridgehead atoms. The largest absolute Gasteiger partial charge is 0.748 e. The first-order chi connectivity index (χ1) is 20.8. The SMILES string of the molecule is O=S(=O)([O-])CCCN1/C(=C/C=C2\CCC(/C=C/c3sc4ccc(Cl)cc4[n+]3CCCS(=O)(=O)[O-])=C2Cl)Sc2ccc(Cl)cc21. The first kappa shape index (κ1) is 33.5. The first-order valence-corrected chi connectivity index (χ1v) is 19.4. The molecular formula is C29H26Cl3N2O6S4-. The lowest BCUT2D eigenvalue weighted by atomic mass is 10.2. The second-order valence-corrected chi connectivity index (χ2v) is 16.6. The van der Waals surface area contributed by atoms with Crippen LogP contribution in [-0.2, 0) is 26.8 Å². The van der Waals surface area contributed by atoms with Gasteiger partial charge in [-0.25, -0.2) is 16.8 Å². The minimum atomic E-state index is -4.32. The molecule has 0 saturated carbocycles. The topological polar surface area (TPSA) is 122 Å². The van der Waals surface area contributed by atoms with E-state index in [1.807, 2.05) is 58.0 Å². The van der Waals surface area contributed by atoms with Crippen molar-refractivity contribution in [3.05, 3.63) is 90.9 Å². The van der Waals surface area contributed by atoms with Crippen LogP contribution in [0.4, 0.5) is 5.69 Å². The fraction of sp³-hybridized carbons (Fsp3) is 0.276. The summed E-state index contributed by atoms with van der Waals surface area (Å²) in [5.74, 6) is -0.902. The standard InChI is InChI=1S/C29H27Cl3N2O6S4/c30-21-7-9-25-23(17-21)33(13-1-15-43(35,36)37)27(41-25)11-5-19-3-4-20(29(19)32)6-12-28-34(14-2-16-44(38,39)40)24-18-22(31)8-10-26(24)42-28/h5-12,17-18H,1-4,13-16H2,(H-,35,36,37,38,39,40)/p-1. The molecule has 0 N–H and O–H groups in total. The zero-order chi connectivity index (χ0) is 31.6. The Morgan fingerprint density at radius 1 is 0.886 bits per heavy atom. The van der Waals surface area contributed by atoms with Crippen LogP contribution in [0.15, 0.2) is 80.7 Å². The molecule has 0 atom stereocenters. The zero-order valence-corrected chi connectivity index (χ0v) is 28.6. The Kier molecular flexibility index (Phi) is 10.6. The number of hydrogen-bond donors (Lipinski definition) is 0. The van der Waals surface area contributed by atoms with Crippen molar-refractivity contribution in [3.8, 4) is 0 Å². The molecule has 5 rings (SSSR count). The summed E-state index contributed by atoms with van der Waals surface area (Å²) in [6.45, 7) is 0.686. The number of hydrogen-bond acceptors (Lipinski definition) is 9. The molecule has 2 heterocycles. The van der Waals surface area contributed by atoms with Gasteiger partial charge in [0.05, 0.1) is 31.0 Å². The van der Waals surface area contributed by atoms with Crippen LogP contribution in [0.2, 0.25) is 10.0 Å². The fourth-order valence-electron chi connectivity index (χ4n) is 5.01. The molecule has 0 unspecified atom stereocenters. The summed E-state index contributed by atoms with van der Waals surface area (Å²) in [4.78, 5) is 2.94. The van der Waals surface area contributed by atoms with Crippen molar-refractivity contribution in [3.63, 3.8) is 0 Å². The number of halogens is 3. The summed E-state index contributed by atoms with van der Waals surface area (Å²) < 4.78 is 69.9. The van der Waals surface area contributed by atoms with Gasteiger partial charge in [0.15, 0.2) is 6.54 Å². The van der Waals surface area contributed by atoms with Crippen LogP contribution >= 0.6 is 57.9 Å². The number of thiazole rings is 1. The van der Waals surface area contributed by atoms with E-state index in [-0.39, 0.29) is 12.8 Å². The molecule has 15 heteroatoms. The van der Waals surface area contributed by atoms with Crippen molar-refractivity contribution in [2.75, 3.05) is 23.0 Å². The number of rotatable bonds is 11. The number of allylic oxidation sites excluding steroid dienone is 6. The van der Waals surface area contributed by atoms with Gasteiger partial charge in [0, 0.05) is 56.6 Å². The number of aryl methyl sites for hydroxylation is 1. The van der Waals surface area contributed by atoms with E-state index < -0.39 is 31.7 Å². The normalized spacial score (nSPS) is 17.7. The number of anilines is 1. The molecule has 2 aromatic carbocycles. The zero-order valence-electron chi connectivity index (χ0n) is 23.0. The van der Waals surface area contributed by atoms with Crippen LogP contribution in [0.25, 0.3) is 16.3 Å². The van der Waals surface area contributed by atoms with Crippen molar-refractivity contribution >= 4 is 100 Å². The fourth-order valence-corrected chi connectivity index (χ4v) is 8.76. The Bertz CT molecular complexity index is 1950. The lowest BCUT2D eigenvalue weighted by Gasteiger charge is -2.21. The van der Waals surface area contributed by atoms with E-state index in [2.05, 4.69) is 0 Å². The van der Waals surface area contributed by atoms with Gasteiger partial charge >= 0.3 is 0 Å². The summed E-state index contributed by atoms with van der Waals surface area (Å²) >= 11 is 22.3. The van der Waals surface area contributed by atoms with Gasteiger partial charge in [-0.3, -0.25) is 0 Å². The maximum absolute atomic E-state index is 11.2. The third kappa shape index (κ3) is 8.48. The second kappa shape index (κ2) is 13.9. The molecule has 2 aliphatic rings. The quantitative estimate of drug-likeness (QED) is 0.152. The summed E-state index contributed by atoms with van der Waals surface area (Å²) in [5, 5.41) is 3.50. The molecular weight excluding hydrogens is 707 g/mol. The lowest BCUT2D eigenvalue weighted by molar-refractivity contribution is -0.668. The van der Waals surface area contributed by atoms with Crippen LogP contribution in [-0.4, -0.2) is 44.0 Å². The first-order valence-electron chi connectivity index (χ1n) is 13.5. The molecule has 1 aliphatic carbocycles. The molecule has 3 aromatic rings. The lowest BCUT2D eigenvalue weighted by Crippen LogP contribution is -2.36. The Hall–Kier alpha value is -1.87. The molecule has 0 amide bonds. The van der Waals surface area contributed by atoms with E-state index in [1.54, 1.807) is 12.1 Å². The number of nitrogens with zero attached hydrogens (tertiary/aromatic N) is 2. The molecule has 1 aliphatic heterocycles. The summed E-state index contributed by atoms with van der Waals surface area (Å²) in [7, 11) is -8.64. The molecule has 0 radical (unpaired) electrons. The molecule has 44 heavy (non-hydrogen) atoms. The third-order valence-corrected chi connectivity index (χ3v) is 11.8. The third-order valence-electron chi connectivity index (χ3n) is 7.02. The predicted octanol–water partition coefficient (Wildman–Crippen LogP) is 7.05. The summed E-state index contributed by atoms with van der Waals surface area (Å²) in [6, 6.07) is 11.1. The molecule has 8 nitrogen and oxygen atoms in total. The highest BCUT2D eigenvalue weighted by Crippen LogP contribution is 2.47. The number of fused-ring (bicyclic) bond motifs is 2. The number of benzene rings is 2. The van der Waals surface area contributed by atoms with Crippen molar-refractivity contribution in [2.45, 2.75) is 37.1 Å². The number of aromatic nitrogens is 1. The van der Waals surface area contributed by atoms with Crippen LogP contribution < -0.4 is 9.47 Å². The predicted molar refractivity (Wildman–Crippen MR) is 177 cm³/mol. The average Bonchev–Trinajstić information content (AvgIpc) is 3.57. The van der Waals surface area contributed by atoms with Crippen molar-refractivity contribution in [1.82, 2.24) is 0 Å². The van der Waals surface area contributed by atoms with E-state index in [1.165, 1.54) is 23.1 Å². The van der Waals surface area contributed by atoms with E-state index >= 15 is 0 Å². The highest BCUT2D eigenvalue weighted by Gasteiger charge is 2.26. The average molecular weight is 733 g/mol. The van der Waals surface area contributed by atoms with E-state index in [0.717, 1.165) is 54.8 Å².